The van der Waals surface area contributed by atoms with Crippen LogP contribution in [0.4, 0.5) is 0 Å². The van der Waals surface area contributed by atoms with Crippen molar-refractivity contribution < 1.29 is 13.9 Å². The zero-order valence-corrected chi connectivity index (χ0v) is 12.8. The maximum atomic E-state index is 12.4. The molecular weight excluding hydrogens is 284 g/mol. The predicted octanol–water partition coefficient (Wildman–Crippen LogP) is 1.62. The Morgan fingerprint density at radius 3 is 2.91 bits per heavy atom. The molecule has 1 fully saturated rings. The van der Waals surface area contributed by atoms with Crippen molar-refractivity contribution in [3.8, 4) is 0 Å². The van der Waals surface area contributed by atoms with E-state index in [-0.39, 0.29) is 24.5 Å². The second-order valence-electron chi connectivity index (χ2n) is 5.78. The molecule has 1 amide bonds. The molecule has 2 aromatic rings. The molecule has 0 spiro atoms. The monoisotopic (exact) mass is 304 g/mol. The van der Waals surface area contributed by atoms with Crippen LogP contribution < -0.4 is 5.76 Å². The van der Waals surface area contributed by atoms with Gasteiger partial charge in [-0.25, -0.2) is 4.79 Å². The molecule has 1 aliphatic heterocycles. The number of rotatable bonds is 3. The van der Waals surface area contributed by atoms with Crippen LogP contribution in [0.5, 0.6) is 0 Å². The predicted molar refractivity (Wildman–Crippen MR) is 81.7 cm³/mol. The Bertz CT molecular complexity index is 733. The van der Waals surface area contributed by atoms with Crippen molar-refractivity contribution in [3.05, 3.63) is 34.8 Å². The Hall–Kier alpha value is -2.08. The number of amides is 1. The lowest BCUT2D eigenvalue weighted by Crippen LogP contribution is -2.50. The molecule has 0 aliphatic carbocycles. The molecule has 22 heavy (non-hydrogen) atoms. The Morgan fingerprint density at radius 2 is 2.09 bits per heavy atom. The lowest BCUT2D eigenvalue weighted by molar-refractivity contribution is -0.143. The number of ether oxygens (including phenoxy) is 1. The van der Waals surface area contributed by atoms with Gasteiger partial charge in [0.15, 0.2) is 5.58 Å². The summed E-state index contributed by atoms with van der Waals surface area (Å²) in [7, 11) is 0. The van der Waals surface area contributed by atoms with Gasteiger partial charge < -0.3 is 14.1 Å². The van der Waals surface area contributed by atoms with Crippen molar-refractivity contribution in [1.82, 2.24) is 9.47 Å². The summed E-state index contributed by atoms with van der Waals surface area (Å²) in [5, 5.41) is 0. The first-order chi connectivity index (χ1) is 10.6. The van der Waals surface area contributed by atoms with Crippen LogP contribution in [0.3, 0.4) is 0 Å². The van der Waals surface area contributed by atoms with Crippen LogP contribution in [-0.4, -0.2) is 40.7 Å². The largest absolute Gasteiger partial charge is 0.419 e. The third-order valence-corrected chi connectivity index (χ3v) is 4.05. The fourth-order valence-electron chi connectivity index (χ4n) is 2.83. The SMILES string of the molecule is CC1CN(C(=O)CCn2c(=O)oc3ccccc32)C(C)CO1. The third kappa shape index (κ3) is 2.78. The molecule has 2 unspecified atom stereocenters. The average molecular weight is 304 g/mol. The van der Waals surface area contributed by atoms with Gasteiger partial charge in [-0.1, -0.05) is 12.1 Å². The second kappa shape index (κ2) is 5.96. The van der Waals surface area contributed by atoms with E-state index in [4.69, 9.17) is 9.15 Å². The molecule has 1 aliphatic rings. The summed E-state index contributed by atoms with van der Waals surface area (Å²) in [5.74, 6) is -0.378. The van der Waals surface area contributed by atoms with E-state index in [1.54, 1.807) is 6.07 Å². The molecule has 3 rings (SSSR count). The number of carbonyl (C=O) groups is 1. The molecular formula is C16H20N2O4. The zero-order valence-electron chi connectivity index (χ0n) is 12.8. The lowest BCUT2D eigenvalue weighted by atomic mass is 10.2. The Labute approximate surface area is 128 Å². The number of hydrogen-bond donors (Lipinski definition) is 0. The fraction of sp³-hybridized carbons (Fsp3) is 0.500. The van der Waals surface area contributed by atoms with E-state index in [1.165, 1.54) is 4.57 Å². The third-order valence-electron chi connectivity index (χ3n) is 4.05. The van der Waals surface area contributed by atoms with E-state index in [0.717, 1.165) is 5.52 Å². The zero-order chi connectivity index (χ0) is 15.7. The highest BCUT2D eigenvalue weighted by Gasteiger charge is 2.27. The molecule has 118 valence electrons. The summed E-state index contributed by atoms with van der Waals surface area (Å²) in [4.78, 5) is 26.2. The van der Waals surface area contributed by atoms with E-state index in [2.05, 4.69) is 0 Å². The highest BCUT2D eigenvalue weighted by Crippen LogP contribution is 2.15. The van der Waals surface area contributed by atoms with Gasteiger partial charge in [0.2, 0.25) is 5.91 Å². The van der Waals surface area contributed by atoms with Crippen LogP contribution in [0.2, 0.25) is 0 Å². The smallest absolute Gasteiger partial charge is 0.408 e. The van der Waals surface area contributed by atoms with Crippen molar-refractivity contribution in [1.29, 1.82) is 0 Å². The van der Waals surface area contributed by atoms with Crippen molar-refractivity contribution in [2.75, 3.05) is 13.2 Å². The number of nitrogens with zero attached hydrogens (tertiary/aromatic N) is 2. The molecule has 1 saturated heterocycles. The summed E-state index contributed by atoms with van der Waals surface area (Å²) in [5.41, 5.74) is 1.28. The van der Waals surface area contributed by atoms with Gasteiger partial charge in [0.05, 0.1) is 24.3 Å². The fourth-order valence-corrected chi connectivity index (χ4v) is 2.83. The number of benzene rings is 1. The lowest BCUT2D eigenvalue weighted by Gasteiger charge is -2.36. The van der Waals surface area contributed by atoms with Gasteiger partial charge in [0.25, 0.3) is 0 Å². The molecule has 0 radical (unpaired) electrons. The van der Waals surface area contributed by atoms with Crippen LogP contribution in [0.15, 0.2) is 33.5 Å². The molecule has 2 atom stereocenters. The molecule has 0 N–H and O–H groups in total. The number of fused-ring (bicyclic) bond motifs is 1. The van der Waals surface area contributed by atoms with Gasteiger partial charge in [0.1, 0.15) is 0 Å². The van der Waals surface area contributed by atoms with Crippen LogP contribution >= 0.6 is 0 Å². The first kappa shape index (κ1) is 14.8. The molecule has 6 nitrogen and oxygen atoms in total. The summed E-state index contributed by atoms with van der Waals surface area (Å²) in [6, 6.07) is 7.31. The van der Waals surface area contributed by atoms with Gasteiger partial charge in [-0.15, -0.1) is 0 Å². The van der Waals surface area contributed by atoms with Gasteiger partial charge >= 0.3 is 5.76 Å². The number of aromatic nitrogens is 1. The number of oxazole rings is 1. The van der Waals surface area contributed by atoms with Crippen LogP contribution in [0.1, 0.15) is 20.3 Å². The molecule has 0 bridgehead atoms. The number of morpholine rings is 1. The molecule has 1 aromatic carbocycles. The molecule has 1 aromatic heterocycles. The Kier molecular flexibility index (Phi) is 4.02. The highest BCUT2D eigenvalue weighted by molar-refractivity contribution is 5.77. The van der Waals surface area contributed by atoms with Crippen molar-refractivity contribution in [3.63, 3.8) is 0 Å². The number of para-hydroxylation sites is 2. The minimum atomic E-state index is -0.419. The van der Waals surface area contributed by atoms with Gasteiger partial charge in [0, 0.05) is 19.5 Å². The molecule has 6 heteroatoms. The number of aryl methyl sites for hydroxylation is 1. The highest BCUT2D eigenvalue weighted by atomic mass is 16.5. The number of hydrogen-bond acceptors (Lipinski definition) is 4. The van der Waals surface area contributed by atoms with Crippen LogP contribution in [0.25, 0.3) is 11.1 Å². The minimum Gasteiger partial charge on any atom is -0.408 e. The summed E-state index contributed by atoms with van der Waals surface area (Å²) >= 11 is 0. The topological polar surface area (TPSA) is 64.7 Å². The summed E-state index contributed by atoms with van der Waals surface area (Å²) < 4.78 is 12.2. The van der Waals surface area contributed by atoms with E-state index in [0.29, 0.717) is 25.3 Å². The van der Waals surface area contributed by atoms with Crippen molar-refractivity contribution in [2.24, 2.45) is 0 Å². The normalized spacial score (nSPS) is 22.2. The van der Waals surface area contributed by atoms with Gasteiger partial charge in [-0.3, -0.25) is 9.36 Å². The van der Waals surface area contributed by atoms with E-state index in [9.17, 15) is 9.59 Å². The van der Waals surface area contributed by atoms with Crippen molar-refractivity contribution in [2.45, 2.75) is 39.0 Å². The van der Waals surface area contributed by atoms with Crippen LogP contribution in [0, 0.1) is 0 Å². The molecule has 0 saturated carbocycles. The quantitative estimate of drug-likeness (QED) is 0.864. The number of carbonyl (C=O) groups excluding carboxylic acids is 1. The Morgan fingerprint density at radius 1 is 1.32 bits per heavy atom. The van der Waals surface area contributed by atoms with E-state index in [1.807, 2.05) is 36.9 Å². The van der Waals surface area contributed by atoms with Gasteiger partial charge in [-0.05, 0) is 26.0 Å². The standard InChI is InChI=1S/C16H20N2O4/c1-11-10-21-12(2)9-18(11)15(19)7-8-17-13-5-3-4-6-14(13)22-16(17)20/h3-6,11-12H,7-10H2,1-2H3. The molecule has 2 heterocycles. The van der Waals surface area contributed by atoms with Crippen molar-refractivity contribution >= 4 is 17.0 Å². The average Bonchev–Trinajstić information content (AvgIpc) is 2.82. The minimum absolute atomic E-state index is 0.0415. The maximum absolute atomic E-state index is 12.4. The van der Waals surface area contributed by atoms with Gasteiger partial charge in [-0.2, -0.15) is 0 Å². The van der Waals surface area contributed by atoms with E-state index >= 15 is 0 Å². The second-order valence-corrected chi connectivity index (χ2v) is 5.78. The first-order valence-corrected chi connectivity index (χ1v) is 7.55. The summed E-state index contributed by atoms with van der Waals surface area (Å²) in [6.07, 6.45) is 0.332. The summed E-state index contributed by atoms with van der Waals surface area (Å²) in [6.45, 7) is 5.42. The van der Waals surface area contributed by atoms with E-state index < -0.39 is 5.76 Å². The first-order valence-electron chi connectivity index (χ1n) is 7.55. The van der Waals surface area contributed by atoms with Crippen LogP contribution in [-0.2, 0) is 16.1 Å². The maximum Gasteiger partial charge on any atom is 0.419 e. The Balaban J connectivity index is 1.72.